The van der Waals surface area contributed by atoms with Gasteiger partial charge in [0, 0.05) is 17.6 Å². The third-order valence-corrected chi connectivity index (χ3v) is 5.06. The number of nitrogens with zero attached hydrogens (tertiary/aromatic N) is 2. The van der Waals surface area contributed by atoms with E-state index in [1.54, 1.807) is 48.5 Å². The zero-order valence-corrected chi connectivity index (χ0v) is 20.0. The molecule has 0 aliphatic heterocycles. The van der Waals surface area contributed by atoms with Gasteiger partial charge in [0.25, 0.3) is 0 Å². The van der Waals surface area contributed by atoms with E-state index in [-0.39, 0.29) is 11.8 Å². The second-order valence-electron chi connectivity index (χ2n) is 8.01. The zero-order valence-electron chi connectivity index (χ0n) is 20.0. The van der Waals surface area contributed by atoms with Gasteiger partial charge in [0.05, 0.1) is 13.2 Å². The van der Waals surface area contributed by atoms with Crippen LogP contribution in [0.3, 0.4) is 0 Å². The number of halogens is 3. The van der Waals surface area contributed by atoms with Gasteiger partial charge in [-0.05, 0) is 61.4 Å². The fourth-order valence-electron chi connectivity index (χ4n) is 3.22. The van der Waals surface area contributed by atoms with Gasteiger partial charge < -0.3 is 20.1 Å². The van der Waals surface area contributed by atoms with Crippen LogP contribution >= 0.6 is 0 Å². The summed E-state index contributed by atoms with van der Waals surface area (Å²) in [7, 11) is 0. The molecule has 3 aromatic rings. The average molecular weight is 489 g/mol. The molecule has 0 fully saturated rings. The van der Waals surface area contributed by atoms with Gasteiger partial charge in [-0.15, -0.1) is 0 Å². The number of nitrogens with one attached hydrogen (secondary N) is 2. The van der Waals surface area contributed by atoms with E-state index in [4.69, 9.17) is 9.47 Å². The standard InChI is InChI=1S/C26H31F3N4O2/c1-3-5-6-7-17-35-22-14-10-20(11-15-22)32-25-30-18-23(26(27,28)29)24(33-25)31-19-8-12-21(13-9-19)34-16-4-2/h8-15,18H,3-7,16-17H2,1-2H3,(H2,30,31,32,33). The molecule has 2 N–H and O–H groups in total. The Bertz CT molecular complexity index is 1040. The van der Waals surface area contributed by atoms with Crippen molar-refractivity contribution in [3.05, 3.63) is 60.3 Å². The molecule has 0 aliphatic rings. The van der Waals surface area contributed by atoms with Crippen LogP contribution < -0.4 is 20.1 Å². The largest absolute Gasteiger partial charge is 0.494 e. The van der Waals surface area contributed by atoms with Crippen LogP contribution in [0.2, 0.25) is 0 Å². The predicted molar refractivity (Wildman–Crippen MR) is 132 cm³/mol. The van der Waals surface area contributed by atoms with Crippen LogP contribution in [0.25, 0.3) is 0 Å². The normalized spacial score (nSPS) is 11.2. The number of rotatable bonds is 13. The molecule has 0 atom stereocenters. The molecule has 0 bridgehead atoms. The predicted octanol–water partition coefficient (Wildman–Crippen LogP) is 7.73. The molecule has 0 saturated carbocycles. The maximum absolute atomic E-state index is 13.6. The van der Waals surface area contributed by atoms with Crippen LogP contribution in [0.15, 0.2) is 54.7 Å². The summed E-state index contributed by atoms with van der Waals surface area (Å²) in [5, 5.41) is 5.70. The molecule has 0 spiro atoms. The molecular formula is C26H31F3N4O2. The lowest BCUT2D eigenvalue weighted by atomic mass is 10.2. The molecule has 0 aliphatic carbocycles. The Hall–Kier alpha value is -3.49. The molecule has 1 heterocycles. The van der Waals surface area contributed by atoms with Gasteiger partial charge in [-0.2, -0.15) is 18.2 Å². The van der Waals surface area contributed by atoms with E-state index in [9.17, 15) is 13.2 Å². The number of anilines is 4. The number of unbranched alkanes of at least 4 members (excludes halogenated alkanes) is 3. The van der Waals surface area contributed by atoms with Gasteiger partial charge >= 0.3 is 6.18 Å². The summed E-state index contributed by atoms with van der Waals surface area (Å²) < 4.78 is 51.9. The smallest absolute Gasteiger partial charge is 0.421 e. The van der Waals surface area contributed by atoms with Crippen LogP contribution in [0, 0.1) is 0 Å². The molecule has 1 aromatic heterocycles. The van der Waals surface area contributed by atoms with E-state index in [2.05, 4.69) is 27.5 Å². The lowest BCUT2D eigenvalue weighted by Gasteiger charge is -2.15. The van der Waals surface area contributed by atoms with Crippen molar-refractivity contribution in [2.75, 3.05) is 23.8 Å². The van der Waals surface area contributed by atoms with Gasteiger partial charge in [-0.3, -0.25) is 0 Å². The van der Waals surface area contributed by atoms with E-state index in [1.807, 2.05) is 6.92 Å². The van der Waals surface area contributed by atoms with Crippen molar-refractivity contribution >= 4 is 23.1 Å². The second-order valence-corrected chi connectivity index (χ2v) is 8.01. The first kappa shape index (κ1) is 26.1. The van der Waals surface area contributed by atoms with E-state index in [0.717, 1.165) is 31.2 Å². The van der Waals surface area contributed by atoms with Crippen molar-refractivity contribution in [1.82, 2.24) is 9.97 Å². The molecule has 0 saturated heterocycles. The lowest BCUT2D eigenvalue weighted by Crippen LogP contribution is -2.12. The number of hydrogen-bond donors (Lipinski definition) is 2. The minimum absolute atomic E-state index is 0.0385. The number of ether oxygens (including phenoxy) is 2. The minimum atomic E-state index is -4.61. The highest BCUT2D eigenvalue weighted by Gasteiger charge is 2.35. The summed E-state index contributed by atoms with van der Waals surface area (Å²) in [4.78, 5) is 7.94. The second kappa shape index (κ2) is 12.8. The van der Waals surface area contributed by atoms with Crippen LogP contribution in [0.1, 0.15) is 51.5 Å². The van der Waals surface area contributed by atoms with Crippen molar-refractivity contribution in [3.8, 4) is 11.5 Å². The number of alkyl halides is 3. The quantitative estimate of drug-likeness (QED) is 0.240. The molecule has 35 heavy (non-hydrogen) atoms. The number of benzene rings is 2. The number of aromatic nitrogens is 2. The summed E-state index contributed by atoms with van der Waals surface area (Å²) in [6, 6.07) is 13.8. The van der Waals surface area contributed by atoms with Gasteiger partial charge in [-0.25, -0.2) is 4.98 Å². The summed E-state index contributed by atoms with van der Waals surface area (Å²) >= 11 is 0. The first-order valence-corrected chi connectivity index (χ1v) is 11.8. The summed E-state index contributed by atoms with van der Waals surface area (Å²) in [6.45, 7) is 5.37. The van der Waals surface area contributed by atoms with Gasteiger partial charge in [-0.1, -0.05) is 33.1 Å². The Labute approximate surface area is 203 Å². The molecule has 0 radical (unpaired) electrons. The fourth-order valence-corrected chi connectivity index (χ4v) is 3.22. The van der Waals surface area contributed by atoms with Crippen molar-refractivity contribution in [1.29, 1.82) is 0 Å². The van der Waals surface area contributed by atoms with E-state index < -0.39 is 11.7 Å². The van der Waals surface area contributed by atoms with E-state index >= 15 is 0 Å². The fraction of sp³-hybridized carbons (Fsp3) is 0.385. The SMILES string of the molecule is CCCCCCOc1ccc(Nc2ncc(C(F)(F)F)c(Nc3ccc(OCCC)cc3)n2)cc1. The summed E-state index contributed by atoms with van der Waals surface area (Å²) in [6.07, 6.45) is 1.51. The lowest BCUT2D eigenvalue weighted by molar-refractivity contribution is -0.137. The Kier molecular flexibility index (Phi) is 9.57. The molecule has 188 valence electrons. The zero-order chi connectivity index (χ0) is 25.1. The molecule has 0 amide bonds. The summed E-state index contributed by atoms with van der Waals surface area (Å²) in [5.41, 5.74) is 0.122. The van der Waals surface area contributed by atoms with Crippen LogP contribution in [-0.2, 0) is 6.18 Å². The average Bonchev–Trinajstić information content (AvgIpc) is 2.84. The maximum Gasteiger partial charge on any atom is 0.421 e. The molecule has 3 rings (SSSR count). The molecule has 0 unspecified atom stereocenters. The third-order valence-electron chi connectivity index (χ3n) is 5.06. The van der Waals surface area contributed by atoms with Crippen molar-refractivity contribution in [2.45, 2.75) is 52.1 Å². The monoisotopic (exact) mass is 488 g/mol. The molecule has 9 heteroatoms. The Morgan fingerprint density at radius 2 is 1.34 bits per heavy atom. The Balaban J connectivity index is 1.69. The molecular weight excluding hydrogens is 457 g/mol. The van der Waals surface area contributed by atoms with Crippen molar-refractivity contribution in [3.63, 3.8) is 0 Å². The first-order chi connectivity index (χ1) is 16.9. The topological polar surface area (TPSA) is 68.3 Å². The van der Waals surface area contributed by atoms with E-state index in [1.165, 1.54) is 12.8 Å². The number of hydrogen-bond acceptors (Lipinski definition) is 6. The van der Waals surface area contributed by atoms with E-state index in [0.29, 0.717) is 30.3 Å². The first-order valence-electron chi connectivity index (χ1n) is 11.8. The van der Waals surface area contributed by atoms with Crippen LogP contribution in [0.5, 0.6) is 11.5 Å². The minimum Gasteiger partial charge on any atom is -0.494 e. The highest BCUT2D eigenvalue weighted by atomic mass is 19.4. The summed E-state index contributed by atoms with van der Waals surface area (Å²) in [5.74, 6) is 1.07. The Morgan fingerprint density at radius 1 is 0.743 bits per heavy atom. The van der Waals surface area contributed by atoms with Crippen molar-refractivity contribution < 1.29 is 22.6 Å². The van der Waals surface area contributed by atoms with Gasteiger partial charge in [0.2, 0.25) is 5.95 Å². The van der Waals surface area contributed by atoms with Gasteiger partial charge in [0.15, 0.2) is 0 Å². The highest BCUT2D eigenvalue weighted by molar-refractivity contribution is 5.63. The highest BCUT2D eigenvalue weighted by Crippen LogP contribution is 2.35. The third kappa shape index (κ3) is 8.35. The van der Waals surface area contributed by atoms with Gasteiger partial charge in [0.1, 0.15) is 22.9 Å². The maximum atomic E-state index is 13.6. The van der Waals surface area contributed by atoms with Crippen LogP contribution in [0.4, 0.5) is 36.3 Å². The van der Waals surface area contributed by atoms with Crippen molar-refractivity contribution in [2.24, 2.45) is 0 Å². The molecule has 6 nitrogen and oxygen atoms in total. The Morgan fingerprint density at radius 3 is 1.91 bits per heavy atom. The molecule has 2 aromatic carbocycles. The van der Waals surface area contributed by atoms with Crippen LogP contribution in [-0.4, -0.2) is 23.2 Å².